The van der Waals surface area contributed by atoms with Crippen molar-refractivity contribution in [2.45, 2.75) is 19.1 Å². The van der Waals surface area contributed by atoms with Gasteiger partial charge >= 0.3 is 6.18 Å². The van der Waals surface area contributed by atoms with Gasteiger partial charge in [-0.3, -0.25) is 9.59 Å². The molecule has 0 bridgehead atoms. The van der Waals surface area contributed by atoms with Gasteiger partial charge in [-0.1, -0.05) is 0 Å². The molecule has 0 radical (unpaired) electrons. The first-order valence-corrected chi connectivity index (χ1v) is 10.3. The Morgan fingerprint density at radius 3 is 2.48 bits per heavy atom. The van der Waals surface area contributed by atoms with Crippen LogP contribution in [0.3, 0.4) is 0 Å². The van der Waals surface area contributed by atoms with Gasteiger partial charge in [-0.25, -0.2) is 0 Å². The maximum Gasteiger partial charge on any atom is 0.417 e. The van der Waals surface area contributed by atoms with E-state index < -0.39 is 23.3 Å². The maximum atomic E-state index is 13.4. The fraction of sp³-hybridized carbons (Fsp3) is 0.381. The molecule has 2 aromatic rings. The monoisotopic (exact) mass is 450 g/mol. The highest BCUT2D eigenvalue weighted by molar-refractivity contribution is 7.12. The summed E-state index contributed by atoms with van der Waals surface area (Å²) in [4.78, 5) is 31.0. The number of anilines is 1. The van der Waals surface area contributed by atoms with Crippen LogP contribution in [0.2, 0.25) is 0 Å². The lowest BCUT2D eigenvalue weighted by Crippen LogP contribution is -2.60. The van der Waals surface area contributed by atoms with Crippen LogP contribution in [-0.2, 0) is 11.0 Å². The van der Waals surface area contributed by atoms with Gasteiger partial charge in [0, 0.05) is 39.4 Å². The summed E-state index contributed by atoms with van der Waals surface area (Å²) in [6.07, 6.45) is -4.67. The van der Waals surface area contributed by atoms with Crippen LogP contribution >= 0.6 is 11.3 Å². The molecule has 1 aliphatic rings. The first kappa shape index (κ1) is 22.6. The lowest BCUT2D eigenvalue weighted by molar-refractivity contribution is -0.138. The van der Waals surface area contributed by atoms with Crippen molar-refractivity contribution in [2.75, 3.05) is 38.6 Å². The number of carbonyl (C=O) groups excluding carboxylic acids is 2. The van der Waals surface area contributed by atoms with Crippen LogP contribution in [0, 0.1) is 18.3 Å². The smallest absolute Gasteiger partial charge is 0.367 e. The molecule has 0 saturated carbocycles. The predicted molar refractivity (Wildman–Crippen MR) is 111 cm³/mol. The Labute approximate surface area is 182 Å². The number of thiophene rings is 1. The quantitative estimate of drug-likeness (QED) is 0.719. The Kier molecular flexibility index (Phi) is 6.27. The highest BCUT2D eigenvalue weighted by Gasteiger charge is 2.39. The number of benzene rings is 1. The van der Waals surface area contributed by atoms with Crippen molar-refractivity contribution in [1.82, 2.24) is 9.80 Å². The van der Waals surface area contributed by atoms with Crippen molar-refractivity contribution in [3.05, 3.63) is 51.2 Å². The Morgan fingerprint density at radius 1 is 1.23 bits per heavy atom. The van der Waals surface area contributed by atoms with E-state index in [1.807, 2.05) is 13.0 Å². The van der Waals surface area contributed by atoms with E-state index in [9.17, 15) is 22.8 Å². The van der Waals surface area contributed by atoms with Crippen molar-refractivity contribution in [2.24, 2.45) is 0 Å². The molecule has 164 valence electrons. The molecule has 1 aliphatic heterocycles. The number of hydrogen-bond acceptors (Lipinski definition) is 5. The van der Waals surface area contributed by atoms with Crippen molar-refractivity contribution in [1.29, 1.82) is 5.26 Å². The number of piperazine rings is 1. The summed E-state index contributed by atoms with van der Waals surface area (Å²) < 4.78 is 40.1. The van der Waals surface area contributed by atoms with E-state index >= 15 is 0 Å². The van der Waals surface area contributed by atoms with Crippen molar-refractivity contribution < 1.29 is 22.8 Å². The van der Waals surface area contributed by atoms with Crippen LogP contribution in [0.15, 0.2) is 29.6 Å². The van der Waals surface area contributed by atoms with Crippen LogP contribution in [0.5, 0.6) is 0 Å². The van der Waals surface area contributed by atoms with Gasteiger partial charge in [-0.2, -0.15) is 18.4 Å². The average Bonchev–Trinajstić information content (AvgIpc) is 3.16. The number of carbonyl (C=O) groups is 2. The van der Waals surface area contributed by atoms with Gasteiger partial charge in [0.15, 0.2) is 0 Å². The number of halogens is 3. The molecule has 2 amide bonds. The van der Waals surface area contributed by atoms with E-state index in [4.69, 9.17) is 5.26 Å². The number of hydrogen-bond donors (Lipinski definition) is 0. The van der Waals surface area contributed by atoms with Crippen LogP contribution in [0.25, 0.3) is 0 Å². The summed E-state index contributed by atoms with van der Waals surface area (Å²) in [6.45, 7) is 2.31. The number of rotatable bonds is 3. The zero-order chi connectivity index (χ0) is 22.9. The van der Waals surface area contributed by atoms with Crippen LogP contribution in [0.1, 0.15) is 26.4 Å². The van der Waals surface area contributed by atoms with Crippen LogP contribution < -0.4 is 4.90 Å². The van der Waals surface area contributed by atoms with Gasteiger partial charge < -0.3 is 14.7 Å². The second kappa shape index (κ2) is 8.59. The molecule has 1 saturated heterocycles. The van der Waals surface area contributed by atoms with Crippen LogP contribution in [-0.4, -0.2) is 61.4 Å². The molecule has 3 rings (SSSR count). The number of alkyl halides is 3. The van der Waals surface area contributed by atoms with E-state index in [1.165, 1.54) is 27.2 Å². The molecule has 0 N–H and O–H groups in total. The molecular weight excluding hydrogens is 429 g/mol. The third kappa shape index (κ3) is 4.51. The molecule has 1 aromatic carbocycles. The number of amides is 2. The van der Waals surface area contributed by atoms with Gasteiger partial charge in [-0.05, 0) is 42.1 Å². The van der Waals surface area contributed by atoms with Crippen LogP contribution in [0.4, 0.5) is 18.9 Å². The van der Waals surface area contributed by atoms with Gasteiger partial charge in [0.2, 0.25) is 5.91 Å². The Balaban J connectivity index is 1.94. The van der Waals surface area contributed by atoms with Gasteiger partial charge in [0.05, 0.1) is 22.1 Å². The first-order chi connectivity index (χ1) is 14.5. The third-order valence-corrected chi connectivity index (χ3v) is 6.22. The highest BCUT2D eigenvalue weighted by atomic mass is 32.1. The molecule has 31 heavy (non-hydrogen) atoms. The number of aryl methyl sites for hydroxylation is 1. The minimum absolute atomic E-state index is 0.0520. The van der Waals surface area contributed by atoms with E-state index in [0.717, 1.165) is 17.7 Å². The zero-order valence-corrected chi connectivity index (χ0v) is 18.0. The molecular formula is C21H21F3N4O2S. The minimum atomic E-state index is -4.67. The Morgan fingerprint density at radius 2 is 1.94 bits per heavy atom. The van der Waals surface area contributed by atoms with Crippen molar-refractivity contribution in [3.8, 4) is 6.07 Å². The molecule has 1 unspecified atom stereocenters. The van der Waals surface area contributed by atoms with Gasteiger partial charge in [-0.15, -0.1) is 11.3 Å². The zero-order valence-electron chi connectivity index (χ0n) is 17.2. The standard InChI is InChI=1S/C21H21F3N4O2S/c1-13-6-9-31-18(13)20(30)28-8-7-27(12-17(28)19(29)26(2)3)15-5-4-14(11-25)16(10-15)21(22,23)24/h4-6,9-10,17H,7-8,12H2,1-3H3. The molecule has 1 atom stereocenters. The number of nitrogens with zero attached hydrogens (tertiary/aromatic N) is 4. The lowest BCUT2D eigenvalue weighted by Gasteiger charge is -2.42. The fourth-order valence-electron chi connectivity index (χ4n) is 3.55. The summed E-state index contributed by atoms with van der Waals surface area (Å²) in [5.74, 6) is -0.569. The molecule has 10 heteroatoms. The molecule has 6 nitrogen and oxygen atoms in total. The molecule has 2 heterocycles. The fourth-order valence-corrected chi connectivity index (χ4v) is 4.43. The summed E-state index contributed by atoms with van der Waals surface area (Å²) in [6, 6.07) is 6.04. The largest absolute Gasteiger partial charge is 0.417 e. The van der Waals surface area contributed by atoms with Gasteiger partial charge in [0.25, 0.3) is 5.91 Å². The summed E-state index contributed by atoms with van der Waals surface area (Å²) in [7, 11) is 3.15. The molecule has 1 aromatic heterocycles. The first-order valence-electron chi connectivity index (χ1n) is 9.47. The topological polar surface area (TPSA) is 67.6 Å². The lowest BCUT2D eigenvalue weighted by atomic mass is 10.0. The summed E-state index contributed by atoms with van der Waals surface area (Å²) in [5.41, 5.74) is -0.410. The highest BCUT2D eigenvalue weighted by Crippen LogP contribution is 2.35. The second-order valence-corrected chi connectivity index (χ2v) is 8.38. The Hall–Kier alpha value is -3.06. The Bertz CT molecular complexity index is 1040. The number of nitriles is 1. The van der Waals surface area contributed by atoms with E-state index in [2.05, 4.69) is 0 Å². The SMILES string of the molecule is Cc1ccsc1C(=O)N1CCN(c2ccc(C#N)c(C(F)(F)F)c2)CC1C(=O)N(C)C. The molecule has 0 spiro atoms. The summed E-state index contributed by atoms with van der Waals surface area (Å²) in [5, 5.41) is 10.8. The minimum Gasteiger partial charge on any atom is -0.367 e. The van der Waals surface area contributed by atoms with Gasteiger partial charge in [0.1, 0.15) is 6.04 Å². The normalized spacial score (nSPS) is 16.7. The van der Waals surface area contributed by atoms with Crippen molar-refractivity contribution >= 4 is 28.8 Å². The van der Waals surface area contributed by atoms with E-state index in [1.54, 1.807) is 30.4 Å². The summed E-state index contributed by atoms with van der Waals surface area (Å²) >= 11 is 1.29. The average molecular weight is 450 g/mol. The number of likely N-dealkylation sites (N-methyl/N-ethyl adjacent to an activating group) is 1. The van der Waals surface area contributed by atoms with Crippen molar-refractivity contribution in [3.63, 3.8) is 0 Å². The second-order valence-electron chi connectivity index (χ2n) is 7.47. The predicted octanol–water partition coefficient (Wildman–Crippen LogP) is 3.37. The third-order valence-electron chi connectivity index (χ3n) is 5.22. The van der Waals surface area contributed by atoms with E-state index in [0.29, 0.717) is 4.88 Å². The van der Waals surface area contributed by atoms with E-state index in [-0.39, 0.29) is 37.1 Å². The molecule has 0 aliphatic carbocycles. The maximum absolute atomic E-state index is 13.4. The molecule has 1 fully saturated rings.